The lowest BCUT2D eigenvalue weighted by Crippen LogP contribution is -2.10. The van der Waals surface area contributed by atoms with Gasteiger partial charge in [-0.15, -0.1) is 0 Å². The smallest absolute Gasteiger partial charge is 0.123 e. The fourth-order valence-electron chi connectivity index (χ4n) is 1.24. The Morgan fingerprint density at radius 3 is 2.56 bits per heavy atom. The number of ether oxygens (including phenoxy) is 2. The molecule has 0 aromatic heterocycles. The summed E-state index contributed by atoms with van der Waals surface area (Å²) in [6.45, 7) is 2.80. The van der Waals surface area contributed by atoms with Gasteiger partial charge in [-0.3, -0.25) is 0 Å². The number of benzene rings is 1. The number of hydrogen-bond acceptors (Lipinski definition) is 3. The summed E-state index contributed by atoms with van der Waals surface area (Å²) in [5.41, 5.74) is 0.905. The molecule has 0 heterocycles. The van der Waals surface area contributed by atoms with Gasteiger partial charge in [0.05, 0.1) is 6.61 Å². The lowest BCUT2D eigenvalue weighted by molar-refractivity contribution is 0.109. The lowest BCUT2D eigenvalue weighted by Gasteiger charge is -2.07. The zero-order valence-corrected chi connectivity index (χ0v) is 9.54. The van der Waals surface area contributed by atoms with Crippen LogP contribution in [0.2, 0.25) is 0 Å². The summed E-state index contributed by atoms with van der Waals surface area (Å²) >= 11 is 0. The Morgan fingerprint density at radius 1 is 1.12 bits per heavy atom. The molecule has 0 spiro atoms. The molecule has 0 atom stereocenters. The minimum atomic E-state index is -0.221. The molecule has 1 aromatic rings. The quantitative estimate of drug-likeness (QED) is 0.691. The topological polar surface area (TPSA) is 30.5 Å². The van der Waals surface area contributed by atoms with Gasteiger partial charge in [0.15, 0.2) is 0 Å². The van der Waals surface area contributed by atoms with Crippen molar-refractivity contribution in [3.63, 3.8) is 0 Å². The molecule has 0 aliphatic heterocycles. The van der Waals surface area contributed by atoms with Crippen molar-refractivity contribution in [3.05, 3.63) is 30.1 Å². The molecule has 1 N–H and O–H groups in total. The average molecular weight is 227 g/mol. The number of methoxy groups -OCH3 is 1. The number of rotatable bonds is 8. The summed E-state index contributed by atoms with van der Waals surface area (Å²) < 4.78 is 22.8. The van der Waals surface area contributed by atoms with E-state index in [0.29, 0.717) is 13.2 Å². The molecule has 0 fully saturated rings. The average Bonchev–Trinajstić information content (AvgIpc) is 2.30. The first-order valence-electron chi connectivity index (χ1n) is 5.39. The second-order valence-corrected chi connectivity index (χ2v) is 3.39. The van der Waals surface area contributed by atoms with Gasteiger partial charge in [0, 0.05) is 32.6 Å². The largest absolute Gasteiger partial charge is 0.385 e. The fourth-order valence-corrected chi connectivity index (χ4v) is 1.24. The van der Waals surface area contributed by atoms with Gasteiger partial charge in [0.1, 0.15) is 5.82 Å². The maximum Gasteiger partial charge on any atom is 0.123 e. The van der Waals surface area contributed by atoms with Crippen LogP contribution in [0.5, 0.6) is 0 Å². The Labute approximate surface area is 95.6 Å². The predicted molar refractivity (Wildman–Crippen MR) is 62.2 cm³/mol. The van der Waals surface area contributed by atoms with Crippen molar-refractivity contribution in [1.82, 2.24) is 0 Å². The van der Waals surface area contributed by atoms with Crippen molar-refractivity contribution >= 4 is 5.69 Å². The summed E-state index contributed by atoms with van der Waals surface area (Å²) in [5, 5.41) is 3.14. The van der Waals surface area contributed by atoms with Gasteiger partial charge < -0.3 is 14.8 Å². The van der Waals surface area contributed by atoms with Crippen molar-refractivity contribution in [2.24, 2.45) is 0 Å². The predicted octanol–water partition coefficient (Wildman–Crippen LogP) is 2.29. The number of halogens is 1. The lowest BCUT2D eigenvalue weighted by atomic mass is 10.3. The summed E-state index contributed by atoms with van der Waals surface area (Å²) in [5.74, 6) is -0.221. The summed E-state index contributed by atoms with van der Waals surface area (Å²) in [7, 11) is 1.68. The van der Waals surface area contributed by atoms with E-state index in [2.05, 4.69) is 5.32 Å². The Hall–Kier alpha value is -1.13. The Morgan fingerprint density at radius 2 is 1.88 bits per heavy atom. The van der Waals surface area contributed by atoms with Crippen LogP contribution < -0.4 is 5.32 Å². The van der Waals surface area contributed by atoms with Crippen LogP contribution in [0.4, 0.5) is 10.1 Å². The van der Waals surface area contributed by atoms with Gasteiger partial charge in [-0.1, -0.05) is 0 Å². The van der Waals surface area contributed by atoms with E-state index in [-0.39, 0.29) is 5.82 Å². The molecule has 16 heavy (non-hydrogen) atoms. The molecule has 3 nitrogen and oxygen atoms in total. The molecule has 1 aromatic carbocycles. The Bertz CT molecular complexity index is 277. The van der Waals surface area contributed by atoms with Gasteiger partial charge >= 0.3 is 0 Å². The summed E-state index contributed by atoms with van der Waals surface area (Å²) in [4.78, 5) is 0. The molecule has 0 saturated carbocycles. The molecule has 90 valence electrons. The Balaban J connectivity index is 2.01. The van der Waals surface area contributed by atoms with Gasteiger partial charge in [-0.2, -0.15) is 0 Å². The normalized spacial score (nSPS) is 10.4. The third-order valence-corrected chi connectivity index (χ3v) is 2.06. The van der Waals surface area contributed by atoms with E-state index < -0.39 is 0 Å². The molecule has 0 unspecified atom stereocenters. The van der Waals surface area contributed by atoms with Crippen molar-refractivity contribution in [2.75, 3.05) is 38.8 Å². The number of hydrogen-bond donors (Lipinski definition) is 1. The maximum atomic E-state index is 12.6. The second-order valence-electron chi connectivity index (χ2n) is 3.39. The minimum Gasteiger partial charge on any atom is -0.385 e. The summed E-state index contributed by atoms with van der Waals surface area (Å²) in [6, 6.07) is 6.28. The third kappa shape index (κ3) is 5.68. The van der Waals surface area contributed by atoms with E-state index in [1.807, 2.05) is 0 Å². The molecule has 0 aliphatic carbocycles. The minimum absolute atomic E-state index is 0.221. The zero-order chi connectivity index (χ0) is 11.6. The van der Waals surface area contributed by atoms with Crippen LogP contribution in [0.25, 0.3) is 0 Å². The van der Waals surface area contributed by atoms with Crippen molar-refractivity contribution in [2.45, 2.75) is 6.42 Å². The molecular formula is C12H18FNO2. The molecule has 4 heteroatoms. The molecule has 0 bridgehead atoms. The first-order valence-corrected chi connectivity index (χ1v) is 5.39. The van der Waals surface area contributed by atoms with Crippen LogP contribution in [0.3, 0.4) is 0 Å². The third-order valence-electron chi connectivity index (χ3n) is 2.06. The van der Waals surface area contributed by atoms with Gasteiger partial charge in [0.2, 0.25) is 0 Å². The van der Waals surface area contributed by atoms with E-state index in [9.17, 15) is 4.39 Å². The van der Waals surface area contributed by atoms with E-state index in [1.165, 1.54) is 12.1 Å². The monoisotopic (exact) mass is 227 g/mol. The number of nitrogens with one attached hydrogen (secondary N) is 1. The second kappa shape index (κ2) is 8.07. The SMILES string of the molecule is COCCCOCCNc1ccc(F)cc1. The Kier molecular flexibility index (Phi) is 6.53. The van der Waals surface area contributed by atoms with Crippen LogP contribution in [0.1, 0.15) is 6.42 Å². The van der Waals surface area contributed by atoms with E-state index >= 15 is 0 Å². The molecule has 0 saturated heterocycles. The highest BCUT2D eigenvalue weighted by Gasteiger charge is 1.93. The van der Waals surface area contributed by atoms with Crippen LogP contribution >= 0.6 is 0 Å². The van der Waals surface area contributed by atoms with E-state index in [4.69, 9.17) is 9.47 Å². The van der Waals surface area contributed by atoms with Crippen LogP contribution in [-0.2, 0) is 9.47 Å². The maximum absolute atomic E-state index is 12.6. The van der Waals surface area contributed by atoms with Gasteiger partial charge in [0.25, 0.3) is 0 Å². The highest BCUT2D eigenvalue weighted by molar-refractivity contribution is 5.42. The molecule has 0 aliphatic rings. The molecule has 1 rings (SSSR count). The van der Waals surface area contributed by atoms with E-state index in [1.54, 1.807) is 19.2 Å². The van der Waals surface area contributed by atoms with Crippen LogP contribution in [0, 0.1) is 5.82 Å². The zero-order valence-electron chi connectivity index (χ0n) is 9.54. The van der Waals surface area contributed by atoms with Crippen molar-refractivity contribution in [3.8, 4) is 0 Å². The molecular weight excluding hydrogens is 209 g/mol. The van der Waals surface area contributed by atoms with Gasteiger partial charge in [-0.05, 0) is 30.7 Å². The van der Waals surface area contributed by atoms with Crippen molar-refractivity contribution < 1.29 is 13.9 Å². The first-order chi connectivity index (χ1) is 7.83. The molecule has 0 radical (unpaired) electrons. The van der Waals surface area contributed by atoms with Crippen LogP contribution in [0.15, 0.2) is 24.3 Å². The van der Waals surface area contributed by atoms with E-state index in [0.717, 1.165) is 25.3 Å². The van der Waals surface area contributed by atoms with Crippen molar-refractivity contribution in [1.29, 1.82) is 0 Å². The highest BCUT2D eigenvalue weighted by Crippen LogP contribution is 2.07. The fraction of sp³-hybridized carbons (Fsp3) is 0.500. The first kappa shape index (κ1) is 12.9. The standard InChI is InChI=1S/C12H18FNO2/c1-15-8-2-9-16-10-7-14-12-5-3-11(13)4-6-12/h3-6,14H,2,7-10H2,1H3. The summed E-state index contributed by atoms with van der Waals surface area (Å²) in [6.07, 6.45) is 0.910. The van der Waals surface area contributed by atoms with Crippen LogP contribution in [-0.4, -0.2) is 33.5 Å². The molecule has 0 amide bonds. The highest BCUT2D eigenvalue weighted by atomic mass is 19.1. The number of anilines is 1. The van der Waals surface area contributed by atoms with Gasteiger partial charge in [-0.25, -0.2) is 4.39 Å².